The second-order valence-corrected chi connectivity index (χ2v) is 10.4. The molecule has 1 saturated heterocycles. The first kappa shape index (κ1) is 22.4. The molecule has 1 amide bonds. The molecule has 3 aliphatic rings. The fraction of sp³-hybridized carbons (Fsp3) is 0.542. The maximum Gasteiger partial charge on any atom is 0.249 e. The number of H-pyrrole nitrogens is 1. The molecule has 3 aromatic heterocycles. The van der Waals surface area contributed by atoms with Crippen LogP contribution in [0.25, 0.3) is 0 Å². The maximum atomic E-state index is 13.2. The van der Waals surface area contributed by atoms with Crippen LogP contribution in [0, 0.1) is 0 Å². The number of hydrogen-bond acceptors (Lipinski definition) is 9. The van der Waals surface area contributed by atoms with Crippen molar-refractivity contribution in [1.29, 1.82) is 0 Å². The number of thiazole rings is 1. The zero-order chi connectivity index (χ0) is 23.8. The van der Waals surface area contributed by atoms with Gasteiger partial charge in [0.15, 0.2) is 10.9 Å². The number of nitrogens with one attached hydrogen (secondary N) is 3. The number of aryl methyl sites for hydroxylation is 1. The number of hydrogen-bond donors (Lipinski definition) is 3. The third-order valence-corrected chi connectivity index (χ3v) is 8.07. The van der Waals surface area contributed by atoms with Crippen LogP contribution in [0.2, 0.25) is 0 Å². The Bertz CT molecular complexity index is 1190. The van der Waals surface area contributed by atoms with E-state index in [1.165, 1.54) is 42.7 Å². The van der Waals surface area contributed by atoms with Crippen LogP contribution in [-0.4, -0.2) is 56.9 Å². The van der Waals surface area contributed by atoms with Crippen molar-refractivity contribution in [2.45, 2.75) is 69.4 Å². The van der Waals surface area contributed by atoms with E-state index in [-0.39, 0.29) is 12.0 Å². The molecule has 1 saturated carbocycles. The minimum atomic E-state index is -0.435. The molecular weight excluding hydrogens is 464 g/mol. The molecule has 2 fully saturated rings. The first-order valence-electron chi connectivity index (χ1n) is 12.4. The number of carbonyl (C=O) groups is 1. The molecule has 2 atom stereocenters. The molecular formula is C24H30N8O2S. The van der Waals surface area contributed by atoms with Crippen LogP contribution < -0.4 is 15.5 Å². The van der Waals surface area contributed by atoms with Gasteiger partial charge in [-0.2, -0.15) is 10.1 Å². The Morgan fingerprint density at radius 3 is 2.91 bits per heavy atom. The number of amides is 1. The SMILES string of the molecule is CO[C@@H]1C[C@@H](C(=O)Nc2nccs2)N(c2nc3c(c(Nc4cc(C5CCCC5)[nH]n4)n2)CCC3)C1. The highest BCUT2D eigenvalue weighted by Crippen LogP contribution is 2.36. The van der Waals surface area contributed by atoms with E-state index in [9.17, 15) is 4.79 Å². The lowest BCUT2D eigenvalue weighted by atomic mass is 10.0. The van der Waals surface area contributed by atoms with Crippen LogP contribution >= 0.6 is 11.3 Å². The zero-order valence-corrected chi connectivity index (χ0v) is 20.6. The summed E-state index contributed by atoms with van der Waals surface area (Å²) in [6.07, 6.45) is 10.1. The monoisotopic (exact) mass is 494 g/mol. The number of anilines is 4. The molecule has 35 heavy (non-hydrogen) atoms. The number of carbonyl (C=O) groups excluding carboxylic acids is 1. The normalized spacial score (nSPS) is 22.0. The Balaban J connectivity index is 1.28. The number of ether oxygens (including phenoxy) is 1. The highest BCUT2D eigenvalue weighted by Gasteiger charge is 2.39. The first-order valence-corrected chi connectivity index (χ1v) is 13.3. The summed E-state index contributed by atoms with van der Waals surface area (Å²) in [6.45, 7) is 0.554. The maximum absolute atomic E-state index is 13.2. The third kappa shape index (κ3) is 4.50. The second-order valence-electron chi connectivity index (χ2n) is 9.55. The van der Waals surface area contributed by atoms with Gasteiger partial charge in [-0.15, -0.1) is 11.3 Å². The van der Waals surface area contributed by atoms with Gasteiger partial charge >= 0.3 is 0 Å². The van der Waals surface area contributed by atoms with Gasteiger partial charge in [0.25, 0.3) is 0 Å². The summed E-state index contributed by atoms with van der Waals surface area (Å²) in [5, 5.41) is 16.6. The van der Waals surface area contributed by atoms with E-state index in [0.29, 0.717) is 30.0 Å². The Morgan fingerprint density at radius 2 is 2.11 bits per heavy atom. The molecule has 10 nitrogen and oxygen atoms in total. The Labute approximate surface area is 207 Å². The van der Waals surface area contributed by atoms with Crippen molar-refractivity contribution in [1.82, 2.24) is 25.1 Å². The van der Waals surface area contributed by atoms with Crippen molar-refractivity contribution in [2.24, 2.45) is 0 Å². The molecule has 11 heteroatoms. The van der Waals surface area contributed by atoms with Gasteiger partial charge in [0.05, 0.1) is 11.8 Å². The average molecular weight is 495 g/mol. The van der Waals surface area contributed by atoms with E-state index in [1.54, 1.807) is 13.3 Å². The standard InChI is InChI=1S/C24H30N8O2S/c1-34-15-11-19(22(33)29-24-25-9-10-35-24)32(13-15)23-26-17-8-4-7-16(17)21(28-23)27-20-12-18(30-31-20)14-5-2-3-6-14/h9-10,12,14-15,19H,2-8,11,13H2,1H3,(H,25,29,33)(H2,26,27,28,30,31)/t15-,19+/m1/s1. The summed E-state index contributed by atoms with van der Waals surface area (Å²) in [4.78, 5) is 29.2. The minimum absolute atomic E-state index is 0.0735. The van der Waals surface area contributed by atoms with E-state index in [0.717, 1.165) is 42.2 Å². The van der Waals surface area contributed by atoms with Crippen LogP contribution in [0.15, 0.2) is 17.6 Å². The molecule has 4 heterocycles. The van der Waals surface area contributed by atoms with E-state index < -0.39 is 6.04 Å². The van der Waals surface area contributed by atoms with Crippen LogP contribution in [-0.2, 0) is 22.4 Å². The molecule has 3 N–H and O–H groups in total. The van der Waals surface area contributed by atoms with E-state index >= 15 is 0 Å². The van der Waals surface area contributed by atoms with Crippen LogP contribution in [0.1, 0.15) is 61.4 Å². The lowest BCUT2D eigenvalue weighted by Crippen LogP contribution is -2.40. The largest absolute Gasteiger partial charge is 0.380 e. The molecule has 1 aliphatic heterocycles. The molecule has 0 radical (unpaired) electrons. The molecule has 0 unspecified atom stereocenters. The van der Waals surface area contributed by atoms with Gasteiger partial charge in [-0.25, -0.2) is 9.97 Å². The topological polar surface area (TPSA) is 121 Å². The second kappa shape index (κ2) is 9.54. The van der Waals surface area contributed by atoms with E-state index in [2.05, 4.69) is 31.9 Å². The number of methoxy groups -OCH3 is 1. The summed E-state index contributed by atoms with van der Waals surface area (Å²) in [5.41, 5.74) is 3.38. The number of aromatic amines is 1. The molecule has 184 valence electrons. The van der Waals surface area contributed by atoms with Gasteiger partial charge < -0.3 is 20.3 Å². The summed E-state index contributed by atoms with van der Waals surface area (Å²) in [6, 6.07) is 1.68. The molecule has 0 aromatic carbocycles. The lowest BCUT2D eigenvalue weighted by molar-refractivity contribution is -0.117. The minimum Gasteiger partial charge on any atom is -0.380 e. The van der Waals surface area contributed by atoms with Crippen molar-refractivity contribution in [3.05, 3.63) is 34.6 Å². The highest BCUT2D eigenvalue weighted by atomic mass is 32.1. The predicted octanol–water partition coefficient (Wildman–Crippen LogP) is 3.78. The van der Waals surface area contributed by atoms with Gasteiger partial charge in [-0.1, -0.05) is 12.8 Å². The number of fused-ring (bicyclic) bond motifs is 1. The molecule has 6 rings (SSSR count). The Kier molecular flexibility index (Phi) is 6.11. The number of aromatic nitrogens is 5. The fourth-order valence-electron chi connectivity index (χ4n) is 5.53. The van der Waals surface area contributed by atoms with Crippen LogP contribution in [0.3, 0.4) is 0 Å². The fourth-order valence-corrected chi connectivity index (χ4v) is 6.06. The van der Waals surface area contributed by atoms with Gasteiger partial charge in [0.2, 0.25) is 11.9 Å². The van der Waals surface area contributed by atoms with E-state index in [4.69, 9.17) is 14.7 Å². The van der Waals surface area contributed by atoms with Gasteiger partial charge in [0.1, 0.15) is 11.9 Å². The quantitative estimate of drug-likeness (QED) is 0.454. The lowest BCUT2D eigenvalue weighted by Gasteiger charge is -2.24. The molecule has 0 spiro atoms. The average Bonchev–Trinajstić information content (AvgIpc) is 3.67. The summed E-state index contributed by atoms with van der Waals surface area (Å²) in [5.74, 6) is 2.56. The third-order valence-electron chi connectivity index (χ3n) is 7.38. The number of nitrogens with zero attached hydrogens (tertiary/aromatic N) is 5. The van der Waals surface area contributed by atoms with Crippen LogP contribution in [0.5, 0.6) is 0 Å². The van der Waals surface area contributed by atoms with Gasteiger partial charge in [0, 0.05) is 54.9 Å². The number of rotatable bonds is 7. The molecule has 0 bridgehead atoms. The van der Waals surface area contributed by atoms with Crippen molar-refractivity contribution < 1.29 is 9.53 Å². The smallest absolute Gasteiger partial charge is 0.249 e. The Hall–Kier alpha value is -3.05. The first-order chi connectivity index (χ1) is 17.2. The Morgan fingerprint density at radius 1 is 1.23 bits per heavy atom. The highest BCUT2D eigenvalue weighted by molar-refractivity contribution is 7.13. The van der Waals surface area contributed by atoms with Crippen molar-refractivity contribution in [2.75, 3.05) is 29.2 Å². The van der Waals surface area contributed by atoms with Crippen LogP contribution in [0.4, 0.5) is 22.7 Å². The predicted molar refractivity (Wildman–Crippen MR) is 134 cm³/mol. The van der Waals surface area contributed by atoms with Crippen molar-refractivity contribution >= 4 is 40.0 Å². The summed E-state index contributed by atoms with van der Waals surface area (Å²) in [7, 11) is 1.68. The van der Waals surface area contributed by atoms with Crippen molar-refractivity contribution in [3.8, 4) is 0 Å². The van der Waals surface area contributed by atoms with Gasteiger partial charge in [-0.3, -0.25) is 9.89 Å². The molecule has 3 aromatic rings. The van der Waals surface area contributed by atoms with Crippen molar-refractivity contribution in [3.63, 3.8) is 0 Å². The summed E-state index contributed by atoms with van der Waals surface area (Å²) >= 11 is 1.40. The summed E-state index contributed by atoms with van der Waals surface area (Å²) < 4.78 is 5.63. The van der Waals surface area contributed by atoms with Gasteiger partial charge in [-0.05, 0) is 32.1 Å². The molecule has 2 aliphatic carbocycles. The zero-order valence-electron chi connectivity index (χ0n) is 19.8. The van der Waals surface area contributed by atoms with E-state index in [1.807, 2.05) is 10.3 Å².